The standard InChI is InChI=1S/C12H14BrF2NO3.ClH/c1-3-19-11(17)12(14,15)10(16)8-6-7(13)4-5-9(8)18-2;/h4-6,10H,3,16H2,1-2H3;1H/t10-;/m0./s1. The number of hydrogen-bond acceptors (Lipinski definition) is 4. The third kappa shape index (κ3) is 4.04. The highest BCUT2D eigenvalue weighted by molar-refractivity contribution is 9.10. The maximum atomic E-state index is 13.9. The average Bonchev–Trinajstić information content (AvgIpc) is 2.38. The lowest BCUT2D eigenvalue weighted by Crippen LogP contribution is -2.41. The van der Waals surface area contributed by atoms with E-state index in [1.54, 1.807) is 6.07 Å². The Kier molecular flexibility index (Phi) is 7.40. The molecule has 0 aliphatic heterocycles. The zero-order chi connectivity index (χ0) is 14.6. The fourth-order valence-corrected chi connectivity index (χ4v) is 1.88. The maximum absolute atomic E-state index is 13.9. The van der Waals surface area contributed by atoms with Crippen molar-refractivity contribution < 1.29 is 23.0 Å². The van der Waals surface area contributed by atoms with Gasteiger partial charge in [-0.25, -0.2) is 4.79 Å². The van der Waals surface area contributed by atoms with E-state index in [4.69, 9.17) is 10.5 Å². The second kappa shape index (κ2) is 7.75. The fourth-order valence-electron chi connectivity index (χ4n) is 1.50. The highest BCUT2D eigenvalue weighted by Crippen LogP contribution is 2.36. The van der Waals surface area contributed by atoms with Crippen LogP contribution in [0.4, 0.5) is 8.78 Å². The molecule has 8 heteroatoms. The second-order valence-corrected chi connectivity index (χ2v) is 4.62. The molecule has 0 aliphatic rings. The number of methoxy groups -OCH3 is 1. The molecule has 114 valence electrons. The number of esters is 1. The van der Waals surface area contributed by atoms with Crippen LogP contribution in [0, 0.1) is 0 Å². The largest absolute Gasteiger partial charge is 0.496 e. The smallest absolute Gasteiger partial charge is 0.379 e. The maximum Gasteiger partial charge on any atom is 0.379 e. The molecule has 0 aliphatic carbocycles. The Morgan fingerprint density at radius 2 is 2.10 bits per heavy atom. The summed E-state index contributed by atoms with van der Waals surface area (Å²) in [5.74, 6) is -5.30. The van der Waals surface area contributed by atoms with Gasteiger partial charge in [0.1, 0.15) is 11.8 Å². The molecule has 0 aromatic heterocycles. The van der Waals surface area contributed by atoms with Crippen LogP contribution in [0.15, 0.2) is 22.7 Å². The predicted octanol–water partition coefficient (Wildman–Crippen LogP) is 3.08. The van der Waals surface area contributed by atoms with Gasteiger partial charge in [0.2, 0.25) is 0 Å². The Hall–Kier alpha value is -0.920. The minimum Gasteiger partial charge on any atom is -0.496 e. The zero-order valence-corrected chi connectivity index (χ0v) is 13.3. The Bertz CT molecular complexity index is 474. The van der Waals surface area contributed by atoms with Gasteiger partial charge >= 0.3 is 11.9 Å². The Labute approximate surface area is 130 Å². The summed E-state index contributed by atoms with van der Waals surface area (Å²) < 4.78 is 37.6. The fraction of sp³-hybridized carbons (Fsp3) is 0.417. The molecule has 0 heterocycles. The molecule has 0 saturated heterocycles. The molecule has 0 amide bonds. The van der Waals surface area contributed by atoms with Gasteiger partial charge in [-0.3, -0.25) is 0 Å². The van der Waals surface area contributed by atoms with Gasteiger partial charge in [0, 0.05) is 10.0 Å². The summed E-state index contributed by atoms with van der Waals surface area (Å²) in [5, 5.41) is 0. The summed E-state index contributed by atoms with van der Waals surface area (Å²) in [6, 6.07) is 2.65. The van der Waals surface area contributed by atoms with Crippen molar-refractivity contribution in [3.05, 3.63) is 28.2 Å². The summed E-state index contributed by atoms with van der Waals surface area (Å²) in [7, 11) is 1.34. The molecule has 0 unspecified atom stereocenters. The topological polar surface area (TPSA) is 61.5 Å². The van der Waals surface area contributed by atoms with E-state index in [0.717, 1.165) is 0 Å². The lowest BCUT2D eigenvalue weighted by atomic mass is 10.0. The molecule has 0 saturated carbocycles. The van der Waals surface area contributed by atoms with Crippen molar-refractivity contribution in [3.8, 4) is 5.75 Å². The third-order valence-corrected chi connectivity index (χ3v) is 2.96. The van der Waals surface area contributed by atoms with Crippen LogP contribution in [0.1, 0.15) is 18.5 Å². The summed E-state index contributed by atoms with van der Waals surface area (Å²) in [5.41, 5.74) is 5.52. The Morgan fingerprint density at radius 3 is 2.60 bits per heavy atom. The van der Waals surface area contributed by atoms with Crippen LogP contribution >= 0.6 is 28.3 Å². The second-order valence-electron chi connectivity index (χ2n) is 3.71. The molecule has 1 rings (SSSR count). The summed E-state index contributed by atoms with van der Waals surface area (Å²) in [6.07, 6.45) is 0. The number of halogens is 4. The molecular formula is C12H15BrClF2NO3. The van der Waals surface area contributed by atoms with Gasteiger partial charge in [-0.05, 0) is 25.1 Å². The summed E-state index contributed by atoms with van der Waals surface area (Å²) in [6.45, 7) is 1.30. The number of alkyl halides is 2. The first-order valence-electron chi connectivity index (χ1n) is 5.48. The minimum absolute atomic E-state index is 0. The molecule has 1 aromatic carbocycles. The molecule has 20 heavy (non-hydrogen) atoms. The van der Waals surface area contributed by atoms with Gasteiger partial charge in [-0.15, -0.1) is 12.4 Å². The Morgan fingerprint density at radius 1 is 1.50 bits per heavy atom. The number of hydrogen-bond donors (Lipinski definition) is 1. The zero-order valence-electron chi connectivity index (χ0n) is 10.9. The quantitative estimate of drug-likeness (QED) is 0.805. The van der Waals surface area contributed by atoms with Crippen molar-refractivity contribution in [1.82, 2.24) is 0 Å². The van der Waals surface area contributed by atoms with E-state index in [0.29, 0.717) is 4.47 Å². The van der Waals surface area contributed by atoms with Gasteiger partial charge < -0.3 is 15.2 Å². The van der Waals surface area contributed by atoms with Crippen LogP contribution in [0.25, 0.3) is 0 Å². The van der Waals surface area contributed by atoms with E-state index < -0.39 is 17.9 Å². The molecule has 1 aromatic rings. The van der Waals surface area contributed by atoms with E-state index in [-0.39, 0.29) is 30.3 Å². The number of nitrogens with two attached hydrogens (primary N) is 1. The van der Waals surface area contributed by atoms with E-state index in [9.17, 15) is 13.6 Å². The molecule has 1 atom stereocenters. The van der Waals surface area contributed by atoms with Gasteiger partial charge in [0.05, 0.1) is 13.7 Å². The highest BCUT2D eigenvalue weighted by atomic mass is 79.9. The monoisotopic (exact) mass is 373 g/mol. The normalized spacial score (nSPS) is 12.3. The first kappa shape index (κ1) is 19.1. The van der Waals surface area contributed by atoms with Crippen LogP contribution in [-0.2, 0) is 9.53 Å². The van der Waals surface area contributed by atoms with Crippen molar-refractivity contribution >= 4 is 34.3 Å². The lowest BCUT2D eigenvalue weighted by molar-refractivity contribution is -0.174. The van der Waals surface area contributed by atoms with Crippen LogP contribution < -0.4 is 10.5 Å². The van der Waals surface area contributed by atoms with Gasteiger partial charge in [-0.2, -0.15) is 8.78 Å². The van der Waals surface area contributed by atoms with Crippen molar-refractivity contribution in [1.29, 1.82) is 0 Å². The number of rotatable bonds is 5. The molecule has 0 radical (unpaired) electrons. The van der Waals surface area contributed by atoms with Crippen LogP contribution in [-0.4, -0.2) is 25.6 Å². The molecule has 4 nitrogen and oxygen atoms in total. The first-order chi connectivity index (χ1) is 8.84. The minimum atomic E-state index is -3.83. The number of benzene rings is 1. The molecule has 0 fully saturated rings. The average molecular weight is 375 g/mol. The van der Waals surface area contributed by atoms with Gasteiger partial charge in [-0.1, -0.05) is 15.9 Å². The van der Waals surface area contributed by atoms with Crippen molar-refractivity contribution in [2.24, 2.45) is 5.73 Å². The van der Waals surface area contributed by atoms with E-state index in [2.05, 4.69) is 20.7 Å². The molecule has 2 N–H and O–H groups in total. The van der Waals surface area contributed by atoms with Crippen LogP contribution in [0.5, 0.6) is 5.75 Å². The third-order valence-electron chi connectivity index (χ3n) is 2.46. The number of carbonyl (C=O) groups is 1. The highest BCUT2D eigenvalue weighted by Gasteiger charge is 2.48. The summed E-state index contributed by atoms with van der Waals surface area (Å²) >= 11 is 3.16. The molecule has 0 spiro atoms. The molecule has 0 bridgehead atoms. The number of carbonyl (C=O) groups excluding carboxylic acids is 1. The first-order valence-corrected chi connectivity index (χ1v) is 6.28. The van der Waals surface area contributed by atoms with Crippen molar-refractivity contribution in [2.45, 2.75) is 18.9 Å². The van der Waals surface area contributed by atoms with E-state index in [1.807, 2.05) is 0 Å². The Balaban J connectivity index is 0.00000361. The number of ether oxygens (including phenoxy) is 2. The van der Waals surface area contributed by atoms with Crippen LogP contribution in [0.2, 0.25) is 0 Å². The SMILES string of the molecule is CCOC(=O)C(F)(F)[C@@H](N)c1cc(Br)ccc1OC.Cl. The van der Waals surface area contributed by atoms with E-state index >= 15 is 0 Å². The molecular weight excluding hydrogens is 359 g/mol. The van der Waals surface area contributed by atoms with Crippen molar-refractivity contribution in [2.75, 3.05) is 13.7 Å². The summed E-state index contributed by atoms with van der Waals surface area (Å²) in [4.78, 5) is 11.3. The lowest BCUT2D eigenvalue weighted by Gasteiger charge is -2.23. The van der Waals surface area contributed by atoms with Gasteiger partial charge in [0.15, 0.2) is 0 Å². The van der Waals surface area contributed by atoms with Crippen LogP contribution in [0.3, 0.4) is 0 Å². The van der Waals surface area contributed by atoms with Gasteiger partial charge in [0.25, 0.3) is 0 Å². The van der Waals surface area contributed by atoms with Crippen molar-refractivity contribution in [3.63, 3.8) is 0 Å². The van der Waals surface area contributed by atoms with E-state index in [1.165, 1.54) is 26.2 Å². The predicted molar refractivity (Wildman–Crippen MR) is 76.5 cm³/mol.